The van der Waals surface area contributed by atoms with Crippen LogP contribution in [0.1, 0.15) is 33.6 Å². The maximum Gasteiger partial charge on any atom is 0.00193 e. The third-order valence-corrected chi connectivity index (χ3v) is 3.00. The molecular weight excluding hydrogens is 172 g/mol. The van der Waals surface area contributed by atoms with Crippen molar-refractivity contribution in [1.29, 1.82) is 0 Å². The largest absolute Gasteiger partial charge is 0.316 e. The van der Waals surface area contributed by atoms with E-state index in [4.69, 9.17) is 0 Å². The van der Waals surface area contributed by atoms with Gasteiger partial charge < -0.3 is 10.2 Å². The molecule has 0 spiro atoms. The van der Waals surface area contributed by atoms with Crippen LogP contribution in [0, 0.1) is 11.8 Å². The van der Waals surface area contributed by atoms with Crippen molar-refractivity contribution in [2.75, 3.05) is 32.7 Å². The highest BCUT2D eigenvalue weighted by Gasteiger charge is 2.19. The highest BCUT2D eigenvalue weighted by atomic mass is 15.1. The Kier molecular flexibility index (Phi) is 5.49. The van der Waals surface area contributed by atoms with Crippen LogP contribution >= 0.6 is 0 Å². The van der Waals surface area contributed by atoms with Gasteiger partial charge in [0.05, 0.1) is 0 Å². The molecule has 0 aliphatic carbocycles. The van der Waals surface area contributed by atoms with Crippen LogP contribution in [-0.2, 0) is 0 Å². The van der Waals surface area contributed by atoms with Crippen LogP contribution in [0.5, 0.6) is 0 Å². The van der Waals surface area contributed by atoms with Crippen molar-refractivity contribution in [3.63, 3.8) is 0 Å². The van der Waals surface area contributed by atoms with Crippen molar-refractivity contribution in [3.05, 3.63) is 0 Å². The fourth-order valence-electron chi connectivity index (χ4n) is 2.22. The molecule has 1 fully saturated rings. The maximum absolute atomic E-state index is 3.49. The number of nitrogens with one attached hydrogen (secondary N) is 1. The van der Waals surface area contributed by atoms with Crippen LogP contribution in [0.15, 0.2) is 0 Å². The fourth-order valence-corrected chi connectivity index (χ4v) is 2.22. The molecule has 1 saturated heterocycles. The Morgan fingerprint density at radius 3 is 2.86 bits per heavy atom. The molecule has 1 N–H and O–H groups in total. The zero-order valence-corrected chi connectivity index (χ0v) is 10.1. The summed E-state index contributed by atoms with van der Waals surface area (Å²) in [6, 6.07) is 0. The maximum atomic E-state index is 3.49. The van der Waals surface area contributed by atoms with E-state index in [1.165, 1.54) is 45.6 Å². The fraction of sp³-hybridized carbons (Fsp3) is 1.00. The number of rotatable bonds is 6. The number of hydrogen-bond acceptors (Lipinski definition) is 2. The lowest BCUT2D eigenvalue weighted by Gasteiger charge is -2.20. The highest BCUT2D eigenvalue weighted by Crippen LogP contribution is 2.15. The van der Waals surface area contributed by atoms with E-state index in [0.29, 0.717) is 0 Å². The van der Waals surface area contributed by atoms with Crippen LogP contribution in [0.3, 0.4) is 0 Å². The van der Waals surface area contributed by atoms with Crippen LogP contribution in [0.25, 0.3) is 0 Å². The first-order valence-electron chi connectivity index (χ1n) is 6.15. The molecule has 1 rings (SSSR count). The second-order valence-electron chi connectivity index (χ2n) is 4.96. The van der Waals surface area contributed by atoms with Crippen molar-refractivity contribution in [1.82, 2.24) is 10.2 Å². The summed E-state index contributed by atoms with van der Waals surface area (Å²) in [5.41, 5.74) is 0. The predicted octanol–water partition coefficient (Wildman–Crippen LogP) is 1.96. The summed E-state index contributed by atoms with van der Waals surface area (Å²) in [7, 11) is 0. The van der Waals surface area contributed by atoms with Gasteiger partial charge in [-0.3, -0.25) is 0 Å². The van der Waals surface area contributed by atoms with Gasteiger partial charge in [0.15, 0.2) is 0 Å². The molecular formula is C12H26N2. The topological polar surface area (TPSA) is 15.3 Å². The van der Waals surface area contributed by atoms with Crippen molar-refractivity contribution in [3.8, 4) is 0 Å². The van der Waals surface area contributed by atoms with Crippen LogP contribution < -0.4 is 5.32 Å². The van der Waals surface area contributed by atoms with E-state index < -0.39 is 0 Å². The summed E-state index contributed by atoms with van der Waals surface area (Å²) in [6.45, 7) is 13.2. The Hall–Kier alpha value is -0.0800. The van der Waals surface area contributed by atoms with Gasteiger partial charge in [-0.1, -0.05) is 20.8 Å². The van der Waals surface area contributed by atoms with E-state index in [2.05, 4.69) is 31.0 Å². The minimum Gasteiger partial charge on any atom is -0.316 e. The van der Waals surface area contributed by atoms with Gasteiger partial charge in [-0.05, 0) is 44.3 Å². The average molecular weight is 198 g/mol. The predicted molar refractivity (Wildman–Crippen MR) is 62.5 cm³/mol. The summed E-state index contributed by atoms with van der Waals surface area (Å²) in [5.74, 6) is 1.72. The summed E-state index contributed by atoms with van der Waals surface area (Å²) in [5, 5.41) is 3.49. The van der Waals surface area contributed by atoms with E-state index in [0.717, 1.165) is 11.8 Å². The molecule has 0 aromatic heterocycles. The lowest BCUT2D eigenvalue weighted by molar-refractivity contribution is 0.275. The van der Waals surface area contributed by atoms with Gasteiger partial charge in [0, 0.05) is 13.1 Å². The number of likely N-dealkylation sites (tertiary alicyclic amines) is 1. The normalized spacial score (nSPS) is 25.5. The zero-order chi connectivity index (χ0) is 10.4. The van der Waals surface area contributed by atoms with Gasteiger partial charge in [0.2, 0.25) is 0 Å². The van der Waals surface area contributed by atoms with Gasteiger partial charge >= 0.3 is 0 Å². The number of hydrogen-bond donors (Lipinski definition) is 1. The first kappa shape index (κ1) is 12.0. The highest BCUT2D eigenvalue weighted by molar-refractivity contribution is 4.74. The van der Waals surface area contributed by atoms with E-state index >= 15 is 0 Å². The Morgan fingerprint density at radius 2 is 2.29 bits per heavy atom. The Bertz CT molecular complexity index is 147. The average Bonchev–Trinajstić information content (AvgIpc) is 2.52. The monoisotopic (exact) mass is 198 g/mol. The molecule has 2 nitrogen and oxygen atoms in total. The molecule has 0 bridgehead atoms. The van der Waals surface area contributed by atoms with E-state index in [1.807, 2.05) is 0 Å². The van der Waals surface area contributed by atoms with Crippen LogP contribution in [-0.4, -0.2) is 37.6 Å². The second-order valence-corrected chi connectivity index (χ2v) is 4.96. The number of nitrogens with zero attached hydrogens (tertiary/aromatic N) is 1. The first-order valence-corrected chi connectivity index (χ1v) is 6.15. The van der Waals surface area contributed by atoms with Crippen molar-refractivity contribution in [2.45, 2.75) is 33.6 Å². The van der Waals surface area contributed by atoms with Gasteiger partial charge in [-0.25, -0.2) is 0 Å². The van der Waals surface area contributed by atoms with Crippen molar-refractivity contribution in [2.24, 2.45) is 11.8 Å². The SMILES string of the molecule is CCCNCC(C)CN1CCC(C)C1. The molecule has 2 unspecified atom stereocenters. The zero-order valence-electron chi connectivity index (χ0n) is 10.1. The summed E-state index contributed by atoms with van der Waals surface area (Å²) < 4.78 is 0. The molecule has 2 atom stereocenters. The Morgan fingerprint density at radius 1 is 1.50 bits per heavy atom. The van der Waals surface area contributed by atoms with E-state index in [-0.39, 0.29) is 0 Å². The molecule has 0 aromatic carbocycles. The molecule has 0 radical (unpaired) electrons. The smallest absolute Gasteiger partial charge is 0.00193 e. The van der Waals surface area contributed by atoms with E-state index in [9.17, 15) is 0 Å². The quantitative estimate of drug-likeness (QED) is 0.656. The summed E-state index contributed by atoms with van der Waals surface area (Å²) >= 11 is 0. The van der Waals surface area contributed by atoms with E-state index in [1.54, 1.807) is 0 Å². The minimum atomic E-state index is 0.798. The van der Waals surface area contributed by atoms with Gasteiger partial charge in [-0.15, -0.1) is 0 Å². The standard InChI is InChI=1S/C12H26N2/c1-4-6-13-8-12(3)10-14-7-5-11(2)9-14/h11-13H,4-10H2,1-3H3. The molecule has 1 aliphatic heterocycles. The molecule has 1 heterocycles. The van der Waals surface area contributed by atoms with Crippen molar-refractivity contribution >= 4 is 0 Å². The lowest BCUT2D eigenvalue weighted by atomic mass is 10.1. The van der Waals surface area contributed by atoms with Gasteiger partial charge in [-0.2, -0.15) is 0 Å². The Balaban J connectivity index is 2.05. The minimum absolute atomic E-state index is 0.798. The molecule has 0 aromatic rings. The third-order valence-electron chi connectivity index (χ3n) is 3.00. The molecule has 14 heavy (non-hydrogen) atoms. The molecule has 0 saturated carbocycles. The molecule has 84 valence electrons. The van der Waals surface area contributed by atoms with Crippen LogP contribution in [0.4, 0.5) is 0 Å². The Labute approximate surface area is 89.1 Å². The van der Waals surface area contributed by atoms with Crippen molar-refractivity contribution < 1.29 is 0 Å². The van der Waals surface area contributed by atoms with Gasteiger partial charge in [0.25, 0.3) is 0 Å². The molecule has 2 heteroatoms. The first-order chi connectivity index (χ1) is 6.72. The summed E-state index contributed by atoms with van der Waals surface area (Å²) in [6.07, 6.45) is 2.64. The third kappa shape index (κ3) is 4.43. The second kappa shape index (κ2) is 6.41. The summed E-state index contributed by atoms with van der Waals surface area (Å²) in [4.78, 5) is 2.61. The molecule has 1 aliphatic rings. The molecule has 0 amide bonds. The lowest BCUT2D eigenvalue weighted by Crippen LogP contribution is -2.32. The van der Waals surface area contributed by atoms with Gasteiger partial charge in [0.1, 0.15) is 0 Å². The van der Waals surface area contributed by atoms with Crippen LogP contribution in [0.2, 0.25) is 0 Å².